The van der Waals surface area contributed by atoms with E-state index in [4.69, 9.17) is 9.47 Å². The molecule has 7 nitrogen and oxygen atoms in total. The van der Waals surface area contributed by atoms with Crippen LogP contribution >= 0.6 is 0 Å². The van der Waals surface area contributed by atoms with Crippen molar-refractivity contribution in [2.75, 3.05) is 13.2 Å². The number of carbonyl (C=O) groups excluding carboxylic acids is 1. The van der Waals surface area contributed by atoms with Gasteiger partial charge in [0.25, 0.3) is 0 Å². The number of aliphatic hydroxyl groups is 2. The van der Waals surface area contributed by atoms with Crippen LogP contribution in [0.2, 0.25) is 0 Å². The summed E-state index contributed by atoms with van der Waals surface area (Å²) >= 11 is 0. The molecule has 2 aliphatic rings. The van der Waals surface area contributed by atoms with Crippen LogP contribution in [0, 0.1) is 6.92 Å². The normalized spacial score (nSPS) is 27.9. The van der Waals surface area contributed by atoms with Gasteiger partial charge in [-0.1, -0.05) is 0 Å². The van der Waals surface area contributed by atoms with Gasteiger partial charge in [0.1, 0.15) is 23.7 Å². The van der Waals surface area contributed by atoms with Gasteiger partial charge in [-0.05, 0) is 12.5 Å². The van der Waals surface area contributed by atoms with Crippen molar-refractivity contribution >= 4 is 5.97 Å². The number of phenols is 2. The summed E-state index contributed by atoms with van der Waals surface area (Å²) in [7, 11) is 0. The molecule has 7 heteroatoms. The molecule has 0 fully saturated rings. The van der Waals surface area contributed by atoms with Crippen molar-refractivity contribution in [2.24, 2.45) is 0 Å². The Balaban J connectivity index is 2.34. The third kappa shape index (κ3) is 1.48. The van der Waals surface area contributed by atoms with Gasteiger partial charge < -0.3 is 29.9 Å². The smallest absolute Gasteiger partial charge is 0.342 e. The fourth-order valence-electron chi connectivity index (χ4n) is 2.79. The Morgan fingerprint density at radius 1 is 1.35 bits per heavy atom. The zero-order chi connectivity index (χ0) is 14.7. The number of cyclic esters (lactones) is 1. The average Bonchev–Trinajstić information content (AvgIpc) is 2.44. The van der Waals surface area contributed by atoms with Crippen LogP contribution in [0.4, 0.5) is 0 Å². The highest BCUT2D eigenvalue weighted by atomic mass is 16.6. The Kier molecular flexibility index (Phi) is 2.69. The van der Waals surface area contributed by atoms with E-state index in [1.165, 1.54) is 6.92 Å². The van der Waals surface area contributed by atoms with E-state index in [0.29, 0.717) is 5.56 Å². The molecule has 0 unspecified atom stereocenters. The zero-order valence-electron chi connectivity index (χ0n) is 10.7. The number of aliphatic hydroxyl groups excluding tert-OH is 1. The quantitative estimate of drug-likeness (QED) is 0.530. The molecule has 0 saturated carbocycles. The van der Waals surface area contributed by atoms with Crippen LogP contribution in [0.25, 0.3) is 0 Å². The molecule has 0 spiro atoms. The Labute approximate surface area is 114 Å². The first-order valence-corrected chi connectivity index (χ1v) is 6.12. The molecule has 0 saturated heterocycles. The molecule has 0 aliphatic carbocycles. The van der Waals surface area contributed by atoms with Crippen LogP contribution in [0.3, 0.4) is 0 Å². The molecular formula is C13H14O7. The van der Waals surface area contributed by atoms with E-state index in [2.05, 4.69) is 0 Å². The molecule has 3 rings (SSSR count). The molecule has 0 aromatic heterocycles. The average molecular weight is 282 g/mol. The Morgan fingerprint density at radius 3 is 2.70 bits per heavy atom. The standard InChI is InChI=1S/C13H14O7/c1-5-10(15)6-2-20-13(18,4-14)7-3-19-12(17)9(8(6)7)11(5)16/h7,14-16,18H,2-4H2,1H3/t7-,13+/m0/s1. The van der Waals surface area contributed by atoms with E-state index >= 15 is 0 Å². The van der Waals surface area contributed by atoms with Gasteiger partial charge in [-0.25, -0.2) is 4.79 Å². The monoisotopic (exact) mass is 282 g/mol. The first kappa shape index (κ1) is 13.2. The third-order valence-corrected chi connectivity index (χ3v) is 4.00. The lowest BCUT2D eigenvalue weighted by atomic mass is 9.79. The lowest BCUT2D eigenvalue weighted by molar-refractivity contribution is -0.258. The number of aromatic hydroxyl groups is 2. The molecule has 20 heavy (non-hydrogen) atoms. The van der Waals surface area contributed by atoms with Gasteiger partial charge >= 0.3 is 5.97 Å². The number of benzene rings is 1. The highest BCUT2D eigenvalue weighted by molar-refractivity contribution is 5.97. The van der Waals surface area contributed by atoms with E-state index in [9.17, 15) is 25.2 Å². The number of rotatable bonds is 1. The molecule has 0 radical (unpaired) electrons. The molecule has 2 heterocycles. The molecule has 0 amide bonds. The first-order chi connectivity index (χ1) is 9.40. The minimum Gasteiger partial charge on any atom is -0.507 e. The van der Waals surface area contributed by atoms with Crippen LogP contribution in [-0.2, 0) is 16.1 Å². The number of ether oxygens (including phenoxy) is 2. The molecule has 2 aliphatic heterocycles. The maximum Gasteiger partial charge on any atom is 0.342 e. The van der Waals surface area contributed by atoms with E-state index < -0.39 is 24.3 Å². The lowest BCUT2D eigenvalue weighted by Gasteiger charge is -2.42. The highest BCUT2D eigenvalue weighted by Crippen LogP contribution is 2.49. The van der Waals surface area contributed by atoms with Crippen molar-refractivity contribution in [1.82, 2.24) is 0 Å². The van der Waals surface area contributed by atoms with Crippen molar-refractivity contribution in [3.05, 3.63) is 22.3 Å². The van der Waals surface area contributed by atoms with Gasteiger partial charge in [-0.2, -0.15) is 0 Å². The molecule has 0 bridgehead atoms. The fraction of sp³-hybridized carbons (Fsp3) is 0.462. The number of hydrogen-bond acceptors (Lipinski definition) is 7. The number of carbonyl (C=O) groups is 1. The van der Waals surface area contributed by atoms with Crippen LogP contribution in [-0.4, -0.2) is 45.4 Å². The van der Waals surface area contributed by atoms with E-state index in [1.807, 2.05) is 0 Å². The van der Waals surface area contributed by atoms with Crippen molar-refractivity contribution in [3.63, 3.8) is 0 Å². The predicted molar refractivity (Wildman–Crippen MR) is 64.4 cm³/mol. The maximum absolute atomic E-state index is 11.9. The second kappa shape index (κ2) is 4.08. The molecule has 1 aromatic carbocycles. The van der Waals surface area contributed by atoms with Gasteiger partial charge in [0, 0.05) is 11.1 Å². The Bertz CT molecular complexity index is 609. The summed E-state index contributed by atoms with van der Waals surface area (Å²) < 4.78 is 10.2. The molecule has 2 atom stereocenters. The summed E-state index contributed by atoms with van der Waals surface area (Å²) in [4.78, 5) is 11.9. The summed E-state index contributed by atoms with van der Waals surface area (Å²) in [6, 6.07) is 0. The summed E-state index contributed by atoms with van der Waals surface area (Å²) in [5.41, 5.74) is 0.677. The summed E-state index contributed by atoms with van der Waals surface area (Å²) in [5.74, 6) is -4.04. The molecule has 1 aromatic rings. The highest BCUT2D eigenvalue weighted by Gasteiger charge is 2.50. The van der Waals surface area contributed by atoms with Crippen molar-refractivity contribution in [2.45, 2.75) is 25.2 Å². The van der Waals surface area contributed by atoms with Crippen LogP contribution in [0.5, 0.6) is 11.5 Å². The van der Waals surface area contributed by atoms with E-state index in [1.54, 1.807) is 0 Å². The second-order valence-electron chi connectivity index (χ2n) is 5.03. The van der Waals surface area contributed by atoms with Crippen molar-refractivity contribution in [3.8, 4) is 11.5 Å². The van der Waals surface area contributed by atoms with E-state index in [0.717, 1.165) is 0 Å². The molecule has 4 N–H and O–H groups in total. The molecule has 108 valence electrons. The Hall–Kier alpha value is -1.83. The lowest BCUT2D eigenvalue weighted by Crippen LogP contribution is -2.50. The third-order valence-electron chi connectivity index (χ3n) is 4.00. The van der Waals surface area contributed by atoms with Gasteiger partial charge in [-0.3, -0.25) is 0 Å². The van der Waals surface area contributed by atoms with Crippen molar-refractivity contribution in [1.29, 1.82) is 0 Å². The summed E-state index contributed by atoms with van der Waals surface area (Å²) in [6.45, 7) is 0.405. The van der Waals surface area contributed by atoms with Gasteiger partial charge in [0.15, 0.2) is 5.79 Å². The second-order valence-corrected chi connectivity index (χ2v) is 5.03. The van der Waals surface area contributed by atoms with Gasteiger partial charge in [-0.15, -0.1) is 0 Å². The number of esters is 1. The first-order valence-electron chi connectivity index (χ1n) is 6.12. The zero-order valence-corrected chi connectivity index (χ0v) is 10.7. The fourth-order valence-corrected chi connectivity index (χ4v) is 2.79. The largest absolute Gasteiger partial charge is 0.507 e. The van der Waals surface area contributed by atoms with Crippen LogP contribution in [0.15, 0.2) is 0 Å². The minimum absolute atomic E-state index is 0.0817. The minimum atomic E-state index is -1.91. The van der Waals surface area contributed by atoms with Gasteiger partial charge in [0.05, 0.1) is 19.1 Å². The van der Waals surface area contributed by atoms with E-state index in [-0.39, 0.29) is 41.4 Å². The number of phenolic OH excluding ortho intramolecular Hbond substituents is 2. The summed E-state index contributed by atoms with van der Waals surface area (Å²) in [6.07, 6.45) is 0. The SMILES string of the molecule is Cc1c(O)c2c3c(c1O)C(=O)OC[C@@H]3[C@@](O)(CO)OC2. The predicted octanol–water partition coefficient (Wildman–Crippen LogP) is -0.129. The van der Waals surface area contributed by atoms with Gasteiger partial charge in [0.2, 0.25) is 0 Å². The number of hydrogen-bond donors (Lipinski definition) is 4. The van der Waals surface area contributed by atoms with Crippen LogP contribution in [0.1, 0.15) is 33.0 Å². The van der Waals surface area contributed by atoms with Crippen molar-refractivity contribution < 1.29 is 34.7 Å². The Morgan fingerprint density at radius 2 is 2.05 bits per heavy atom. The topological polar surface area (TPSA) is 116 Å². The maximum atomic E-state index is 11.9. The van der Waals surface area contributed by atoms with Crippen LogP contribution < -0.4 is 0 Å². The summed E-state index contributed by atoms with van der Waals surface area (Å²) in [5, 5.41) is 39.7. The molecular weight excluding hydrogens is 268 g/mol.